The second kappa shape index (κ2) is 4.71. The Morgan fingerprint density at radius 3 is 2.87 bits per heavy atom. The maximum absolute atomic E-state index is 11.3. The summed E-state index contributed by atoms with van der Waals surface area (Å²) in [5, 5.41) is 10.4. The fraction of sp³-hybridized carbons (Fsp3) is 0.333. The number of nitriles is 1. The van der Waals surface area contributed by atoms with Gasteiger partial charge in [-0.2, -0.15) is 5.26 Å². The number of rotatable bonds is 2. The average Bonchev–Trinajstić information content (AvgIpc) is 2.18. The highest BCUT2D eigenvalue weighted by Crippen LogP contribution is 2.15. The van der Waals surface area contributed by atoms with E-state index in [9.17, 15) is 4.79 Å². The van der Waals surface area contributed by atoms with Crippen LogP contribution in [-0.2, 0) is 0 Å². The summed E-state index contributed by atoms with van der Waals surface area (Å²) in [7, 11) is 0. The lowest BCUT2D eigenvalue weighted by Crippen LogP contribution is -2.20. The van der Waals surface area contributed by atoms with Crippen molar-refractivity contribution in [1.29, 1.82) is 5.26 Å². The summed E-state index contributed by atoms with van der Waals surface area (Å²) in [6, 6.07) is 0. The van der Waals surface area contributed by atoms with Gasteiger partial charge >= 0.3 is 0 Å². The predicted octanol–water partition coefficient (Wildman–Crippen LogP) is 1.46. The average molecular weight is 225 g/mol. The number of carbonyl (C=O) groups is 1. The van der Waals surface area contributed by atoms with Crippen LogP contribution in [0.15, 0.2) is 6.20 Å². The molecule has 1 aromatic heterocycles. The minimum absolute atomic E-state index is 0.0249. The first-order valence-electron chi connectivity index (χ1n) is 4.28. The predicted molar refractivity (Wildman–Crippen MR) is 54.2 cm³/mol. The van der Waals surface area contributed by atoms with Gasteiger partial charge in [0.25, 0.3) is 5.91 Å². The minimum Gasteiger partial charge on any atom is -0.266 e. The SMILES string of the molecule is CC(C)c1ncc(Cl)c(C(=O)NC#N)n1. The fourth-order valence-electron chi connectivity index (χ4n) is 0.928. The van der Waals surface area contributed by atoms with E-state index in [4.69, 9.17) is 16.9 Å². The van der Waals surface area contributed by atoms with Crippen LogP contribution < -0.4 is 5.32 Å². The molecule has 15 heavy (non-hydrogen) atoms. The molecule has 0 unspecified atom stereocenters. The van der Waals surface area contributed by atoms with Crippen molar-refractivity contribution in [1.82, 2.24) is 15.3 Å². The normalized spacial score (nSPS) is 9.80. The van der Waals surface area contributed by atoms with E-state index in [0.29, 0.717) is 5.82 Å². The van der Waals surface area contributed by atoms with Crippen LogP contribution in [0.5, 0.6) is 0 Å². The molecule has 6 heteroatoms. The van der Waals surface area contributed by atoms with Crippen LogP contribution >= 0.6 is 11.6 Å². The van der Waals surface area contributed by atoms with Crippen molar-refractivity contribution in [3.05, 3.63) is 22.7 Å². The molecule has 0 aliphatic heterocycles. The lowest BCUT2D eigenvalue weighted by Gasteiger charge is -2.05. The minimum atomic E-state index is -0.619. The highest BCUT2D eigenvalue weighted by Gasteiger charge is 2.14. The molecular formula is C9H9ClN4O. The largest absolute Gasteiger partial charge is 0.284 e. The first-order valence-corrected chi connectivity index (χ1v) is 4.66. The van der Waals surface area contributed by atoms with Crippen molar-refractivity contribution in [2.45, 2.75) is 19.8 Å². The third-order valence-electron chi connectivity index (χ3n) is 1.66. The van der Waals surface area contributed by atoms with Crippen LogP contribution in [0.1, 0.15) is 36.1 Å². The molecule has 0 aliphatic carbocycles. The summed E-state index contributed by atoms with van der Waals surface area (Å²) < 4.78 is 0. The summed E-state index contributed by atoms with van der Waals surface area (Å²) in [5.41, 5.74) is 0.0249. The summed E-state index contributed by atoms with van der Waals surface area (Å²) in [5.74, 6) is -0.00908. The van der Waals surface area contributed by atoms with Crippen molar-refractivity contribution in [3.8, 4) is 6.19 Å². The zero-order chi connectivity index (χ0) is 11.4. The van der Waals surface area contributed by atoms with Crippen molar-refractivity contribution < 1.29 is 4.79 Å². The fourth-order valence-corrected chi connectivity index (χ4v) is 1.11. The highest BCUT2D eigenvalue weighted by molar-refractivity contribution is 6.33. The molecular weight excluding hydrogens is 216 g/mol. The first-order chi connectivity index (χ1) is 7.06. The van der Waals surface area contributed by atoms with Crippen molar-refractivity contribution in [2.24, 2.45) is 0 Å². The molecule has 1 N–H and O–H groups in total. The zero-order valence-corrected chi connectivity index (χ0v) is 9.04. The van der Waals surface area contributed by atoms with Crippen molar-refractivity contribution >= 4 is 17.5 Å². The summed E-state index contributed by atoms with van der Waals surface area (Å²) in [4.78, 5) is 19.3. The van der Waals surface area contributed by atoms with Gasteiger partial charge in [0.2, 0.25) is 0 Å². The van der Waals surface area contributed by atoms with Crippen LogP contribution in [0, 0.1) is 11.5 Å². The topological polar surface area (TPSA) is 78.7 Å². The molecule has 0 aromatic carbocycles. The molecule has 0 radical (unpaired) electrons. The molecule has 1 amide bonds. The third kappa shape index (κ3) is 2.64. The van der Waals surface area contributed by atoms with Gasteiger partial charge in [-0.05, 0) is 0 Å². The molecule has 0 saturated carbocycles. The second-order valence-corrected chi connectivity index (χ2v) is 3.55. The van der Waals surface area contributed by atoms with Gasteiger partial charge in [0.1, 0.15) is 5.82 Å². The highest BCUT2D eigenvalue weighted by atomic mass is 35.5. The van der Waals surface area contributed by atoms with Gasteiger partial charge in [0, 0.05) is 5.92 Å². The van der Waals surface area contributed by atoms with Gasteiger partial charge in [-0.1, -0.05) is 25.4 Å². The quantitative estimate of drug-likeness (QED) is 0.609. The maximum atomic E-state index is 11.3. The Balaban J connectivity index is 3.12. The number of halogens is 1. The Hall–Kier alpha value is -1.67. The molecule has 78 valence electrons. The smallest absolute Gasteiger partial charge is 0.266 e. The Labute approximate surface area is 92.1 Å². The maximum Gasteiger partial charge on any atom is 0.284 e. The molecule has 0 atom stereocenters. The number of carbonyl (C=O) groups excluding carboxylic acids is 1. The summed E-state index contributed by atoms with van der Waals surface area (Å²) in [6.07, 6.45) is 2.88. The number of aromatic nitrogens is 2. The van der Waals surface area contributed by atoms with Crippen LogP contribution in [0.25, 0.3) is 0 Å². The molecule has 1 rings (SSSR count). The number of nitrogens with zero attached hydrogens (tertiary/aromatic N) is 3. The molecule has 0 aliphatic rings. The van der Waals surface area contributed by atoms with E-state index in [0.717, 1.165) is 0 Å². The van der Waals surface area contributed by atoms with E-state index < -0.39 is 5.91 Å². The van der Waals surface area contributed by atoms with Gasteiger partial charge in [0.05, 0.1) is 11.2 Å². The Kier molecular flexibility index (Phi) is 3.58. The molecule has 0 spiro atoms. The van der Waals surface area contributed by atoms with E-state index in [2.05, 4.69) is 9.97 Å². The molecule has 0 fully saturated rings. The molecule has 0 bridgehead atoms. The van der Waals surface area contributed by atoms with E-state index in [1.165, 1.54) is 12.4 Å². The van der Waals surface area contributed by atoms with Crippen LogP contribution in [0.4, 0.5) is 0 Å². The van der Waals surface area contributed by atoms with Gasteiger partial charge in [-0.15, -0.1) is 0 Å². The number of hydrogen-bond acceptors (Lipinski definition) is 4. The number of hydrogen-bond donors (Lipinski definition) is 1. The standard InChI is InChI=1S/C9H9ClN4O/c1-5(2)8-12-3-6(10)7(14-8)9(15)13-4-11/h3,5H,1-2H3,(H,13,15). The van der Waals surface area contributed by atoms with Crippen molar-refractivity contribution in [2.75, 3.05) is 0 Å². The zero-order valence-electron chi connectivity index (χ0n) is 8.28. The Bertz CT molecular complexity index is 425. The van der Waals surface area contributed by atoms with E-state index in [-0.39, 0.29) is 16.6 Å². The lowest BCUT2D eigenvalue weighted by atomic mass is 10.2. The van der Waals surface area contributed by atoms with E-state index >= 15 is 0 Å². The Morgan fingerprint density at radius 1 is 1.67 bits per heavy atom. The molecule has 1 heterocycles. The summed E-state index contributed by atoms with van der Waals surface area (Å²) >= 11 is 5.74. The number of amides is 1. The molecule has 1 aromatic rings. The van der Waals surface area contributed by atoms with Gasteiger partial charge in [-0.25, -0.2) is 9.97 Å². The lowest BCUT2D eigenvalue weighted by molar-refractivity contribution is 0.0967. The second-order valence-electron chi connectivity index (χ2n) is 3.15. The van der Waals surface area contributed by atoms with Crippen LogP contribution in [0.2, 0.25) is 5.02 Å². The van der Waals surface area contributed by atoms with E-state index in [1.54, 1.807) is 0 Å². The molecule has 0 saturated heterocycles. The first kappa shape index (κ1) is 11.4. The van der Waals surface area contributed by atoms with Gasteiger partial charge < -0.3 is 0 Å². The number of nitrogens with one attached hydrogen (secondary N) is 1. The van der Waals surface area contributed by atoms with E-state index in [1.807, 2.05) is 19.2 Å². The van der Waals surface area contributed by atoms with Crippen molar-refractivity contribution in [3.63, 3.8) is 0 Å². The van der Waals surface area contributed by atoms with Crippen LogP contribution in [0.3, 0.4) is 0 Å². The molecule has 5 nitrogen and oxygen atoms in total. The van der Waals surface area contributed by atoms with Gasteiger partial charge in [0.15, 0.2) is 11.9 Å². The third-order valence-corrected chi connectivity index (χ3v) is 1.94. The van der Waals surface area contributed by atoms with Gasteiger partial charge in [-0.3, -0.25) is 10.1 Å². The monoisotopic (exact) mass is 224 g/mol. The van der Waals surface area contributed by atoms with Crippen LogP contribution in [-0.4, -0.2) is 15.9 Å². The Morgan fingerprint density at radius 2 is 2.33 bits per heavy atom. The summed E-state index contributed by atoms with van der Waals surface area (Å²) in [6.45, 7) is 3.80.